The van der Waals surface area contributed by atoms with Gasteiger partial charge in [-0.2, -0.15) is 5.26 Å². The number of rotatable bonds is 7. The zero-order valence-electron chi connectivity index (χ0n) is 15.1. The van der Waals surface area contributed by atoms with E-state index in [1.54, 1.807) is 6.20 Å². The van der Waals surface area contributed by atoms with Crippen LogP contribution in [0.25, 0.3) is 0 Å². The summed E-state index contributed by atoms with van der Waals surface area (Å²) in [5.41, 5.74) is 1.12. The largest absolute Gasteiger partial charge is 0.298 e. The Hall–Kier alpha value is -2.18. The summed E-state index contributed by atoms with van der Waals surface area (Å²) in [6, 6.07) is 19.3. The van der Waals surface area contributed by atoms with Gasteiger partial charge in [0.05, 0.1) is 11.8 Å². The fraction of sp³-hybridized carbons (Fsp3) is 0.429. The molecule has 0 aliphatic rings. The summed E-state index contributed by atoms with van der Waals surface area (Å²) in [5, 5.41) is 10.2. The summed E-state index contributed by atoms with van der Waals surface area (Å²) in [4.78, 5) is 6.95. The summed E-state index contributed by atoms with van der Waals surface area (Å²) in [6.07, 6.45) is 2.49. The average Bonchev–Trinajstić information content (AvgIpc) is 2.60. The van der Waals surface area contributed by atoms with Gasteiger partial charge in [-0.1, -0.05) is 36.4 Å². The van der Waals surface area contributed by atoms with Crippen LogP contribution in [-0.2, 0) is 5.41 Å². The van der Waals surface area contributed by atoms with Crippen LogP contribution in [0, 0.1) is 11.3 Å². The highest BCUT2D eigenvalue weighted by atomic mass is 15.2. The smallest absolute Gasteiger partial charge is 0.125 e. The van der Waals surface area contributed by atoms with E-state index in [4.69, 9.17) is 0 Å². The maximum Gasteiger partial charge on any atom is 0.125 e. The van der Waals surface area contributed by atoms with Gasteiger partial charge in [0.2, 0.25) is 0 Å². The molecule has 1 atom stereocenters. The van der Waals surface area contributed by atoms with E-state index in [9.17, 15) is 5.26 Å². The summed E-state index contributed by atoms with van der Waals surface area (Å²) in [5.74, 6) is 0. The molecule has 2 rings (SSSR count). The summed E-state index contributed by atoms with van der Waals surface area (Å²) < 4.78 is 0. The molecule has 0 saturated heterocycles. The molecular weight excluding hydrogens is 294 g/mol. The van der Waals surface area contributed by atoms with Crippen LogP contribution in [0.15, 0.2) is 54.7 Å². The lowest BCUT2D eigenvalue weighted by Crippen LogP contribution is -2.41. The highest BCUT2D eigenvalue weighted by Crippen LogP contribution is 2.34. The number of nitriles is 1. The van der Waals surface area contributed by atoms with Crippen LogP contribution in [0.4, 0.5) is 0 Å². The van der Waals surface area contributed by atoms with E-state index in [-0.39, 0.29) is 0 Å². The summed E-state index contributed by atoms with van der Waals surface area (Å²) in [6.45, 7) is 9.68. The molecule has 1 aromatic heterocycles. The monoisotopic (exact) mass is 321 g/mol. The lowest BCUT2D eigenvalue weighted by atomic mass is 9.75. The molecule has 0 amide bonds. The van der Waals surface area contributed by atoms with Gasteiger partial charge in [0.25, 0.3) is 0 Å². The molecule has 0 N–H and O–H groups in total. The zero-order chi connectivity index (χ0) is 17.6. The second-order valence-corrected chi connectivity index (χ2v) is 6.77. The maximum atomic E-state index is 10.2. The number of benzene rings is 1. The van der Waals surface area contributed by atoms with Crippen LogP contribution in [0.1, 0.15) is 45.4 Å². The molecule has 3 heteroatoms. The Bertz CT molecular complexity index is 609. The van der Waals surface area contributed by atoms with Crippen molar-refractivity contribution in [1.82, 2.24) is 9.88 Å². The lowest BCUT2D eigenvalue weighted by Gasteiger charge is -2.34. The van der Waals surface area contributed by atoms with Gasteiger partial charge in [0.15, 0.2) is 0 Å². The number of hydrogen-bond acceptors (Lipinski definition) is 3. The van der Waals surface area contributed by atoms with Gasteiger partial charge in [-0.3, -0.25) is 9.88 Å². The fourth-order valence-electron chi connectivity index (χ4n) is 3.35. The molecule has 0 spiro atoms. The predicted octanol–water partition coefficient (Wildman–Crippen LogP) is 4.40. The van der Waals surface area contributed by atoms with E-state index in [0.717, 1.165) is 24.2 Å². The number of pyridine rings is 1. The molecule has 1 heterocycles. The molecule has 24 heavy (non-hydrogen) atoms. The highest BCUT2D eigenvalue weighted by molar-refractivity contribution is 5.42. The van der Waals surface area contributed by atoms with Crippen molar-refractivity contribution in [3.05, 3.63) is 66.0 Å². The second kappa shape index (κ2) is 8.08. The minimum Gasteiger partial charge on any atom is -0.298 e. The Morgan fingerprint density at radius 2 is 1.62 bits per heavy atom. The third-order valence-electron chi connectivity index (χ3n) is 4.63. The van der Waals surface area contributed by atoms with Gasteiger partial charge >= 0.3 is 0 Å². The minimum atomic E-state index is -0.718. The van der Waals surface area contributed by atoms with E-state index in [1.807, 2.05) is 48.5 Å². The molecule has 0 radical (unpaired) electrons. The van der Waals surface area contributed by atoms with Gasteiger partial charge in [0, 0.05) is 24.8 Å². The molecule has 0 saturated carbocycles. The van der Waals surface area contributed by atoms with Crippen LogP contribution < -0.4 is 0 Å². The van der Waals surface area contributed by atoms with Gasteiger partial charge in [-0.25, -0.2) is 0 Å². The van der Waals surface area contributed by atoms with Crippen molar-refractivity contribution >= 4 is 0 Å². The Morgan fingerprint density at radius 3 is 2.12 bits per heavy atom. The van der Waals surface area contributed by atoms with Crippen LogP contribution >= 0.6 is 0 Å². The first-order valence-corrected chi connectivity index (χ1v) is 8.65. The second-order valence-electron chi connectivity index (χ2n) is 6.77. The van der Waals surface area contributed by atoms with Crippen LogP contribution in [0.2, 0.25) is 0 Å². The van der Waals surface area contributed by atoms with Crippen LogP contribution in [0.5, 0.6) is 0 Å². The zero-order valence-corrected chi connectivity index (χ0v) is 15.1. The minimum absolute atomic E-state index is 0.445. The molecule has 1 aromatic carbocycles. The Kier molecular flexibility index (Phi) is 6.11. The normalized spacial score (nSPS) is 13.9. The van der Waals surface area contributed by atoms with E-state index in [0.29, 0.717) is 12.1 Å². The van der Waals surface area contributed by atoms with Gasteiger partial charge in [-0.15, -0.1) is 0 Å². The van der Waals surface area contributed by atoms with Gasteiger partial charge < -0.3 is 0 Å². The van der Waals surface area contributed by atoms with Crippen molar-refractivity contribution in [3.63, 3.8) is 0 Å². The third kappa shape index (κ3) is 3.83. The first-order valence-electron chi connectivity index (χ1n) is 8.65. The third-order valence-corrected chi connectivity index (χ3v) is 4.63. The van der Waals surface area contributed by atoms with Crippen molar-refractivity contribution in [2.24, 2.45) is 0 Å². The molecule has 0 fully saturated rings. The molecule has 0 unspecified atom stereocenters. The average molecular weight is 321 g/mol. The highest BCUT2D eigenvalue weighted by Gasteiger charge is 2.36. The van der Waals surface area contributed by atoms with E-state index >= 15 is 0 Å². The molecule has 126 valence electrons. The maximum absolute atomic E-state index is 10.2. The lowest BCUT2D eigenvalue weighted by molar-refractivity contribution is 0.166. The van der Waals surface area contributed by atoms with Crippen molar-refractivity contribution < 1.29 is 0 Å². The quantitative estimate of drug-likeness (QED) is 0.759. The predicted molar refractivity (Wildman–Crippen MR) is 98.7 cm³/mol. The molecule has 0 bridgehead atoms. The van der Waals surface area contributed by atoms with Crippen LogP contribution in [0.3, 0.4) is 0 Å². The number of nitrogens with zero attached hydrogens (tertiary/aromatic N) is 3. The van der Waals surface area contributed by atoms with Crippen molar-refractivity contribution in [1.29, 1.82) is 5.26 Å². The first-order chi connectivity index (χ1) is 11.5. The van der Waals surface area contributed by atoms with E-state index in [1.165, 1.54) is 0 Å². The SMILES string of the molecule is CC(C)N(CC[C@@](C#N)(c1ccccc1)c1ccccn1)C(C)C. The van der Waals surface area contributed by atoms with Crippen LogP contribution in [-0.4, -0.2) is 28.5 Å². The first kappa shape index (κ1) is 18.2. The summed E-state index contributed by atoms with van der Waals surface area (Å²) in [7, 11) is 0. The van der Waals surface area contributed by atoms with Gasteiger partial charge in [-0.05, 0) is 51.8 Å². The van der Waals surface area contributed by atoms with Crippen molar-refractivity contribution in [2.75, 3.05) is 6.54 Å². The van der Waals surface area contributed by atoms with Crippen molar-refractivity contribution in [3.8, 4) is 6.07 Å². The number of hydrogen-bond donors (Lipinski definition) is 0. The van der Waals surface area contributed by atoms with Gasteiger partial charge in [0.1, 0.15) is 5.41 Å². The molecule has 2 aromatic rings. The Labute approximate surface area is 146 Å². The molecule has 3 nitrogen and oxygen atoms in total. The fourth-order valence-corrected chi connectivity index (χ4v) is 3.35. The molecule has 0 aliphatic heterocycles. The standard InChI is InChI=1S/C21H27N3/c1-17(2)24(18(3)4)15-13-21(16-22,19-10-6-5-7-11-19)20-12-8-9-14-23-20/h5-12,14,17-18H,13,15H2,1-4H3/t21-/m1/s1. The molecular formula is C21H27N3. The molecule has 0 aliphatic carbocycles. The number of aromatic nitrogens is 1. The summed E-state index contributed by atoms with van der Waals surface area (Å²) >= 11 is 0. The van der Waals surface area contributed by atoms with E-state index < -0.39 is 5.41 Å². The topological polar surface area (TPSA) is 39.9 Å². The Morgan fingerprint density at radius 1 is 1.00 bits per heavy atom. The van der Waals surface area contributed by atoms with E-state index in [2.05, 4.69) is 43.6 Å². The Balaban J connectivity index is 2.42. The van der Waals surface area contributed by atoms with Crippen molar-refractivity contribution in [2.45, 2.75) is 51.6 Å².